The second-order valence-corrected chi connectivity index (χ2v) is 7.51. The summed E-state index contributed by atoms with van der Waals surface area (Å²) in [4.78, 5) is 24.0. The summed E-state index contributed by atoms with van der Waals surface area (Å²) >= 11 is 0. The molecule has 1 saturated heterocycles. The molecule has 4 N–H and O–H groups in total. The van der Waals surface area contributed by atoms with E-state index in [-0.39, 0.29) is 36.9 Å². The average Bonchev–Trinajstić information content (AvgIpc) is 2.87. The number of allylic oxidation sites excluding steroid dienone is 1. The number of ether oxygens (including phenoxy) is 1. The van der Waals surface area contributed by atoms with Gasteiger partial charge in [-0.2, -0.15) is 0 Å². The number of nitrogens with one attached hydrogen (secondary N) is 2. The maximum Gasteiger partial charge on any atom is 0.323 e. The highest BCUT2D eigenvalue weighted by molar-refractivity contribution is 5.77. The molecule has 1 amide bonds. The summed E-state index contributed by atoms with van der Waals surface area (Å²) in [7, 11) is 0. The molecule has 7 heteroatoms. The maximum absolute atomic E-state index is 12.4. The number of aliphatic hydroxyl groups excluding tert-OH is 2. The third-order valence-electron chi connectivity index (χ3n) is 4.09. The molecule has 0 aliphatic carbocycles. The van der Waals surface area contributed by atoms with Gasteiger partial charge in [0, 0.05) is 19.6 Å². The van der Waals surface area contributed by atoms with Crippen molar-refractivity contribution >= 4 is 11.9 Å². The Morgan fingerprint density at radius 2 is 2.04 bits per heavy atom. The summed E-state index contributed by atoms with van der Waals surface area (Å²) in [5.41, 5.74) is -0.583. The molecular weight excluding hydrogens is 324 g/mol. The Labute approximate surface area is 149 Å². The molecule has 0 saturated carbocycles. The molecule has 7 nitrogen and oxygen atoms in total. The molecule has 0 aromatic rings. The lowest BCUT2D eigenvalue weighted by atomic mass is 9.89. The number of aliphatic hydroxyl groups is 2. The van der Waals surface area contributed by atoms with Crippen molar-refractivity contribution in [2.45, 2.75) is 77.3 Å². The van der Waals surface area contributed by atoms with Crippen LogP contribution in [-0.4, -0.2) is 58.5 Å². The zero-order valence-electron chi connectivity index (χ0n) is 15.8. The number of rotatable bonds is 7. The molecule has 1 fully saturated rings. The predicted molar refractivity (Wildman–Crippen MR) is 94.8 cm³/mol. The van der Waals surface area contributed by atoms with Crippen molar-refractivity contribution in [3.8, 4) is 0 Å². The molecule has 0 aromatic carbocycles. The highest BCUT2D eigenvalue weighted by Crippen LogP contribution is 2.28. The average molecular weight is 356 g/mol. The van der Waals surface area contributed by atoms with E-state index in [1.54, 1.807) is 0 Å². The minimum absolute atomic E-state index is 0.0484. The van der Waals surface area contributed by atoms with Crippen LogP contribution in [0.1, 0.15) is 47.5 Å². The summed E-state index contributed by atoms with van der Waals surface area (Å²) in [5.74, 6) is -0.667. The van der Waals surface area contributed by atoms with Crippen molar-refractivity contribution in [2.24, 2.45) is 5.92 Å². The lowest BCUT2D eigenvalue weighted by Crippen LogP contribution is -2.57. The first kappa shape index (κ1) is 21.6. The zero-order chi connectivity index (χ0) is 19.2. The fourth-order valence-electron chi connectivity index (χ4n) is 3.17. The van der Waals surface area contributed by atoms with Crippen molar-refractivity contribution < 1.29 is 24.5 Å². The molecule has 0 spiro atoms. The van der Waals surface area contributed by atoms with E-state index in [4.69, 9.17) is 9.84 Å². The Morgan fingerprint density at radius 3 is 2.52 bits per heavy atom. The Kier molecular flexibility index (Phi) is 8.05. The second kappa shape index (κ2) is 9.31. The van der Waals surface area contributed by atoms with Crippen LogP contribution < -0.4 is 10.6 Å². The molecule has 0 unspecified atom stereocenters. The van der Waals surface area contributed by atoms with E-state index in [1.807, 2.05) is 39.8 Å². The van der Waals surface area contributed by atoms with Crippen molar-refractivity contribution in [1.29, 1.82) is 0 Å². The van der Waals surface area contributed by atoms with Crippen LogP contribution in [-0.2, 0) is 14.3 Å². The van der Waals surface area contributed by atoms with E-state index in [0.29, 0.717) is 6.42 Å². The van der Waals surface area contributed by atoms with Crippen LogP contribution in [0.25, 0.3) is 0 Å². The van der Waals surface area contributed by atoms with E-state index in [0.717, 1.165) is 0 Å². The number of hydrogen-bond donors (Lipinski definition) is 4. The number of carbonyl (C=O) groups excluding carboxylic acids is 2. The first-order valence-electron chi connectivity index (χ1n) is 8.76. The fourth-order valence-corrected chi connectivity index (χ4v) is 3.17. The van der Waals surface area contributed by atoms with Crippen LogP contribution in [0.15, 0.2) is 12.2 Å². The van der Waals surface area contributed by atoms with Gasteiger partial charge in [0.1, 0.15) is 11.6 Å². The van der Waals surface area contributed by atoms with Gasteiger partial charge >= 0.3 is 5.97 Å². The largest absolute Gasteiger partial charge is 0.459 e. The van der Waals surface area contributed by atoms with Gasteiger partial charge in [-0.25, -0.2) is 0 Å². The number of hydrogen-bond acceptors (Lipinski definition) is 6. The highest BCUT2D eigenvalue weighted by atomic mass is 16.6. The highest BCUT2D eigenvalue weighted by Gasteiger charge is 2.43. The quantitative estimate of drug-likeness (QED) is 0.391. The second-order valence-electron chi connectivity index (χ2n) is 7.51. The predicted octanol–water partition coefficient (Wildman–Crippen LogP) is 0.499. The van der Waals surface area contributed by atoms with Gasteiger partial charge in [-0.1, -0.05) is 12.2 Å². The zero-order valence-corrected chi connectivity index (χ0v) is 15.8. The topological polar surface area (TPSA) is 108 Å². The molecule has 144 valence electrons. The molecule has 0 radical (unpaired) electrons. The first-order chi connectivity index (χ1) is 11.6. The van der Waals surface area contributed by atoms with Crippen LogP contribution in [0.5, 0.6) is 0 Å². The summed E-state index contributed by atoms with van der Waals surface area (Å²) in [6.07, 6.45) is 3.59. The number of amides is 1. The molecule has 5 atom stereocenters. The normalized spacial score (nSPS) is 26.4. The monoisotopic (exact) mass is 356 g/mol. The molecule has 1 rings (SSSR count). The molecular formula is C18H32N2O5. The Bertz CT molecular complexity index is 486. The third-order valence-corrected chi connectivity index (χ3v) is 4.09. The first-order valence-corrected chi connectivity index (χ1v) is 8.76. The van der Waals surface area contributed by atoms with E-state index in [9.17, 15) is 14.7 Å². The Hall–Kier alpha value is -1.44. The molecule has 0 bridgehead atoms. The van der Waals surface area contributed by atoms with Crippen LogP contribution in [0.4, 0.5) is 0 Å². The summed E-state index contributed by atoms with van der Waals surface area (Å²) in [6.45, 7) is 8.51. The van der Waals surface area contributed by atoms with E-state index >= 15 is 0 Å². The lowest BCUT2D eigenvalue weighted by molar-refractivity contribution is -0.157. The molecule has 25 heavy (non-hydrogen) atoms. The number of carbonyl (C=O) groups is 2. The SMILES string of the molecule is C/C=C\[C@@H]1C[C@H](C(=O)OC(C)(C)C)N[C@H]1[C@@H](NC(C)=O)[C@H](O)CCO. The Morgan fingerprint density at radius 1 is 1.40 bits per heavy atom. The molecule has 1 heterocycles. The van der Waals surface area contributed by atoms with E-state index < -0.39 is 23.8 Å². The minimum Gasteiger partial charge on any atom is -0.459 e. The molecule has 1 aliphatic heterocycles. The van der Waals surface area contributed by atoms with Crippen LogP contribution >= 0.6 is 0 Å². The molecule has 0 aromatic heterocycles. The fraction of sp³-hybridized carbons (Fsp3) is 0.778. The van der Waals surface area contributed by atoms with Crippen LogP contribution in [0, 0.1) is 5.92 Å². The van der Waals surface area contributed by atoms with Gasteiger partial charge in [0.15, 0.2) is 0 Å². The standard InChI is InChI=1S/C18H32N2O5/c1-6-7-12-10-13(17(24)25-18(3,4)5)20-15(12)16(19-11(2)22)14(23)8-9-21/h6-7,12-16,20-21,23H,8-10H2,1-5H3,(H,19,22)/b7-6-/t12-,13-,14-,15-,16+/m1/s1. The van der Waals surface area contributed by atoms with Crippen molar-refractivity contribution in [1.82, 2.24) is 10.6 Å². The van der Waals surface area contributed by atoms with E-state index in [2.05, 4.69) is 10.6 Å². The van der Waals surface area contributed by atoms with Gasteiger partial charge in [-0.05, 0) is 46.5 Å². The van der Waals surface area contributed by atoms with Crippen LogP contribution in [0.2, 0.25) is 0 Å². The lowest BCUT2D eigenvalue weighted by Gasteiger charge is -2.32. The summed E-state index contributed by atoms with van der Waals surface area (Å²) in [6, 6.07) is -1.46. The van der Waals surface area contributed by atoms with Crippen molar-refractivity contribution in [3.63, 3.8) is 0 Å². The van der Waals surface area contributed by atoms with Crippen LogP contribution in [0.3, 0.4) is 0 Å². The van der Waals surface area contributed by atoms with Crippen molar-refractivity contribution in [3.05, 3.63) is 12.2 Å². The maximum atomic E-state index is 12.4. The Balaban J connectivity index is 2.98. The van der Waals surface area contributed by atoms with Gasteiger partial charge in [0.2, 0.25) is 5.91 Å². The smallest absolute Gasteiger partial charge is 0.323 e. The van der Waals surface area contributed by atoms with Gasteiger partial charge in [0.05, 0.1) is 12.1 Å². The van der Waals surface area contributed by atoms with Crippen molar-refractivity contribution in [2.75, 3.05) is 6.61 Å². The summed E-state index contributed by atoms with van der Waals surface area (Å²) in [5, 5.41) is 25.4. The van der Waals surface area contributed by atoms with Gasteiger partial charge < -0.3 is 20.3 Å². The third kappa shape index (κ3) is 6.76. The van der Waals surface area contributed by atoms with E-state index in [1.165, 1.54) is 6.92 Å². The molecule has 1 aliphatic rings. The summed E-state index contributed by atoms with van der Waals surface area (Å²) < 4.78 is 5.45. The minimum atomic E-state index is -0.920. The van der Waals surface area contributed by atoms with Gasteiger partial charge in [0.25, 0.3) is 0 Å². The van der Waals surface area contributed by atoms with Gasteiger partial charge in [-0.3, -0.25) is 14.9 Å². The van der Waals surface area contributed by atoms with Gasteiger partial charge in [-0.15, -0.1) is 0 Å². The number of esters is 1.